The molecular weight excluding hydrogens is 400 g/mol. The minimum absolute atomic E-state index is 0.230. The highest BCUT2D eigenvalue weighted by Crippen LogP contribution is 2.34. The first-order valence-electron chi connectivity index (χ1n) is 6.13. The van der Waals surface area contributed by atoms with Crippen molar-refractivity contribution in [2.75, 3.05) is 18.2 Å². The van der Waals surface area contributed by atoms with Crippen molar-refractivity contribution in [2.45, 2.75) is 6.92 Å². The zero-order chi connectivity index (χ0) is 15.6. The fraction of sp³-hybridized carbons (Fsp3) is 0.133. The Balaban J connectivity index is 2.29. The smallest absolute Gasteiger partial charge is 0.255 e. The van der Waals surface area contributed by atoms with Crippen LogP contribution >= 0.6 is 31.9 Å². The number of nitrogen functional groups attached to an aromatic ring is 1. The topological polar surface area (TPSA) is 64.3 Å². The Hall–Kier alpha value is -1.53. The fourth-order valence-corrected chi connectivity index (χ4v) is 3.01. The second-order valence-electron chi connectivity index (χ2n) is 4.49. The molecule has 2 aromatic rings. The number of benzene rings is 2. The third-order valence-corrected chi connectivity index (χ3v) is 4.31. The van der Waals surface area contributed by atoms with Crippen LogP contribution in [0.4, 0.5) is 11.4 Å². The molecule has 2 rings (SSSR count). The van der Waals surface area contributed by atoms with E-state index in [1.165, 1.54) is 0 Å². The summed E-state index contributed by atoms with van der Waals surface area (Å²) in [7, 11) is 1.57. The first kappa shape index (κ1) is 15.9. The molecule has 0 aromatic heterocycles. The van der Waals surface area contributed by atoms with E-state index in [0.717, 1.165) is 14.5 Å². The van der Waals surface area contributed by atoms with Gasteiger partial charge in [0.1, 0.15) is 5.75 Å². The van der Waals surface area contributed by atoms with Crippen LogP contribution in [0, 0.1) is 6.92 Å². The van der Waals surface area contributed by atoms with Gasteiger partial charge in [-0.2, -0.15) is 0 Å². The molecule has 110 valence electrons. The first-order valence-corrected chi connectivity index (χ1v) is 7.71. The number of rotatable bonds is 3. The fourth-order valence-electron chi connectivity index (χ4n) is 1.76. The Morgan fingerprint density at radius 1 is 1.19 bits per heavy atom. The van der Waals surface area contributed by atoms with Crippen molar-refractivity contribution >= 4 is 49.1 Å². The van der Waals surface area contributed by atoms with E-state index in [9.17, 15) is 4.79 Å². The summed E-state index contributed by atoms with van der Waals surface area (Å²) in [5.74, 6) is 0.406. The number of aryl methyl sites for hydroxylation is 1. The lowest BCUT2D eigenvalue weighted by atomic mass is 10.1. The monoisotopic (exact) mass is 412 g/mol. The standard InChI is InChI=1S/C15H14Br2N2O2/c1-8-3-4-9(5-12(8)18)15(20)19-13-7-14(21-2)11(17)6-10(13)16/h3-7H,18H2,1-2H3,(H,19,20). The maximum atomic E-state index is 12.3. The van der Waals surface area contributed by atoms with E-state index in [2.05, 4.69) is 37.2 Å². The van der Waals surface area contributed by atoms with Crippen molar-refractivity contribution in [1.29, 1.82) is 0 Å². The van der Waals surface area contributed by atoms with Crippen LogP contribution in [0.2, 0.25) is 0 Å². The Morgan fingerprint density at radius 2 is 1.90 bits per heavy atom. The summed E-state index contributed by atoms with van der Waals surface area (Å²) in [6.45, 7) is 1.90. The second kappa shape index (κ2) is 6.49. The van der Waals surface area contributed by atoms with Gasteiger partial charge in [0.2, 0.25) is 0 Å². The van der Waals surface area contributed by atoms with E-state index < -0.39 is 0 Å². The molecule has 0 saturated carbocycles. The molecule has 0 unspecified atom stereocenters. The number of halogens is 2. The number of ether oxygens (including phenoxy) is 1. The van der Waals surface area contributed by atoms with Crippen molar-refractivity contribution < 1.29 is 9.53 Å². The number of nitrogens with one attached hydrogen (secondary N) is 1. The van der Waals surface area contributed by atoms with E-state index in [1.807, 2.05) is 19.1 Å². The first-order chi connectivity index (χ1) is 9.92. The Bertz CT molecular complexity index is 702. The van der Waals surface area contributed by atoms with Gasteiger partial charge < -0.3 is 15.8 Å². The maximum Gasteiger partial charge on any atom is 0.255 e. The summed E-state index contributed by atoms with van der Waals surface area (Å²) in [5, 5.41) is 2.83. The molecule has 1 amide bonds. The molecule has 0 radical (unpaired) electrons. The van der Waals surface area contributed by atoms with Crippen molar-refractivity contribution in [3.63, 3.8) is 0 Å². The molecule has 21 heavy (non-hydrogen) atoms. The SMILES string of the molecule is COc1cc(NC(=O)c2ccc(C)c(N)c2)c(Br)cc1Br. The third-order valence-electron chi connectivity index (χ3n) is 3.03. The highest BCUT2D eigenvalue weighted by molar-refractivity contribution is 9.11. The quantitative estimate of drug-likeness (QED) is 0.734. The van der Waals surface area contributed by atoms with Gasteiger partial charge in [-0.15, -0.1) is 0 Å². The predicted molar refractivity (Wildman–Crippen MR) is 91.9 cm³/mol. The van der Waals surface area contributed by atoms with Crippen LogP contribution in [0.15, 0.2) is 39.3 Å². The minimum Gasteiger partial charge on any atom is -0.495 e. The molecule has 0 aliphatic carbocycles. The lowest BCUT2D eigenvalue weighted by Crippen LogP contribution is -2.13. The summed E-state index contributed by atoms with van der Waals surface area (Å²) in [5.41, 5.74) is 8.50. The van der Waals surface area contributed by atoms with Gasteiger partial charge >= 0.3 is 0 Å². The van der Waals surface area contributed by atoms with Gasteiger partial charge in [-0.3, -0.25) is 4.79 Å². The van der Waals surface area contributed by atoms with Crippen molar-refractivity contribution in [1.82, 2.24) is 0 Å². The van der Waals surface area contributed by atoms with Gasteiger partial charge in [0.25, 0.3) is 5.91 Å². The molecule has 0 spiro atoms. The number of amides is 1. The molecule has 4 nitrogen and oxygen atoms in total. The van der Waals surface area contributed by atoms with Crippen LogP contribution in [0.3, 0.4) is 0 Å². The van der Waals surface area contributed by atoms with Gasteiger partial charge in [-0.1, -0.05) is 6.07 Å². The number of carbonyl (C=O) groups is 1. The zero-order valence-electron chi connectivity index (χ0n) is 11.5. The van der Waals surface area contributed by atoms with Crippen LogP contribution in [0.1, 0.15) is 15.9 Å². The summed E-state index contributed by atoms with van der Waals surface area (Å²) >= 11 is 6.80. The van der Waals surface area contributed by atoms with Gasteiger partial charge in [-0.05, 0) is 62.5 Å². The average molecular weight is 414 g/mol. The van der Waals surface area contributed by atoms with Crippen LogP contribution in [-0.2, 0) is 0 Å². The number of nitrogens with two attached hydrogens (primary N) is 1. The van der Waals surface area contributed by atoms with Crippen molar-refractivity contribution in [3.05, 3.63) is 50.4 Å². The highest BCUT2D eigenvalue weighted by Gasteiger charge is 2.12. The summed E-state index contributed by atoms with van der Waals surface area (Å²) < 4.78 is 6.78. The van der Waals surface area contributed by atoms with E-state index in [-0.39, 0.29) is 5.91 Å². The van der Waals surface area contributed by atoms with Crippen LogP contribution in [-0.4, -0.2) is 13.0 Å². The van der Waals surface area contributed by atoms with Gasteiger partial charge in [0.15, 0.2) is 0 Å². The van der Waals surface area contributed by atoms with Gasteiger partial charge in [-0.25, -0.2) is 0 Å². The van der Waals surface area contributed by atoms with Crippen LogP contribution in [0.5, 0.6) is 5.75 Å². The number of hydrogen-bond acceptors (Lipinski definition) is 3. The number of methoxy groups -OCH3 is 1. The molecular formula is C15H14Br2N2O2. The molecule has 3 N–H and O–H groups in total. The average Bonchev–Trinajstić information content (AvgIpc) is 2.44. The highest BCUT2D eigenvalue weighted by atomic mass is 79.9. The van der Waals surface area contributed by atoms with Gasteiger partial charge in [0.05, 0.1) is 17.3 Å². The lowest BCUT2D eigenvalue weighted by molar-refractivity contribution is 0.102. The van der Waals surface area contributed by atoms with Crippen LogP contribution < -0.4 is 15.8 Å². The summed E-state index contributed by atoms with van der Waals surface area (Å²) in [6.07, 6.45) is 0. The van der Waals surface area contributed by atoms with E-state index in [4.69, 9.17) is 10.5 Å². The predicted octanol–water partition coefficient (Wildman–Crippen LogP) is 4.36. The third kappa shape index (κ3) is 3.57. The maximum absolute atomic E-state index is 12.3. The Morgan fingerprint density at radius 3 is 2.52 bits per heavy atom. The number of hydrogen-bond donors (Lipinski definition) is 2. The molecule has 0 aliphatic heterocycles. The van der Waals surface area contributed by atoms with Crippen LogP contribution in [0.25, 0.3) is 0 Å². The largest absolute Gasteiger partial charge is 0.495 e. The number of anilines is 2. The number of carbonyl (C=O) groups excluding carboxylic acids is 1. The Labute approximate surface area is 139 Å². The molecule has 0 heterocycles. The van der Waals surface area contributed by atoms with Crippen molar-refractivity contribution in [2.24, 2.45) is 0 Å². The van der Waals surface area contributed by atoms with E-state index >= 15 is 0 Å². The molecule has 0 atom stereocenters. The molecule has 0 fully saturated rings. The normalized spacial score (nSPS) is 10.3. The van der Waals surface area contributed by atoms with Crippen molar-refractivity contribution in [3.8, 4) is 5.75 Å². The van der Waals surface area contributed by atoms with E-state index in [0.29, 0.717) is 22.7 Å². The Kier molecular flexibility index (Phi) is 4.90. The lowest BCUT2D eigenvalue weighted by Gasteiger charge is -2.11. The molecule has 0 saturated heterocycles. The molecule has 0 bridgehead atoms. The zero-order valence-corrected chi connectivity index (χ0v) is 14.7. The molecule has 0 aliphatic rings. The molecule has 6 heteroatoms. The second-order valence-corrected chi connectivity index (χ2v) is 6.20. The minimum atomic E-state index is -0.230. The summed E-state index contributed by atoms with van der Waals surface area (Å²) in [4.78, 5) is 12.3. The molecule has 2 aromatic carbocycles. The van der Waals surface area contributed by atoms with E-state index in [1.54, 1.807) is 25.3 Å². The summed E-state index contributed by atoms with van der Waals surface area (Å²) in [6, 6.07) is 8.78. The van der Waals surface area contributed by atoms with Gasteiger partial charge in [0, 0.05) is 21.8 Å².